The maximum Gasteiger partial charge on any atom is 0.343 e. The van der Waals surface area contributed by atoms with Crippen molar-refractivity contribution in [1.82, 2.24) is 26.2 Å². The molecule has 0 bridgehead atoms. The molecule has 7 nitrogen and oxygen atoms in total. The summed E-state index contributed by atoms with van der Waals surface area (Å²) in [6, 6.07) is -0.792. The number of hydrogen-bond acceptors (Lipinski definition) is 4. The second-order valence-electron chi connectivity index (χ2n) is 6.79. The molecule has 3 N–H and O–H groups in total. The molecule has 0 radical (unpaired) electrons. The number of hydrazine groups is 2. The van der Waals surface area contributed by atoms with Gasteiger partial charge in [0.25, 0.3) is 0 Å². The number of carbonyl (C=O) groups is 2. The molecule has 2 heterocycles. The summed E-state index contributed by atoms with van der Waals surface area (Å²) >= 11 is 0. The minimum absolute atomic E-state index is 0.158. The van der Waals surface area contributed by atoms with E-state index in [1.807, 2.05) is 41.5 Å². The summed E-state index contributed by atoms with van der Waals surface area (Å²) < 4.78 is 0. The first kappa shape index (κ1) is 15.1. The average molecular weight is 283 g/mol. The quantitative estimate of drug-likeness (QED) is 0.728. The van der Waals surface area contributed by atoms with E-state index < -0.39 is 17.7 Å². The highest BCUT2D eigenvalue weighted by molar-refractivity contribution is 5.95. The number of imide groups is 1. The Bertz CT molecular complexity index is 434. The summed E-state index contributed by atoms with van der Waals surface area (Å²) in [6.45, 7) is 12.6. The lowest BCUT2D eigenvalue weighted by Crippen LogP contribution is -2.88. The third-order valence-electron chi connectivity index (χ3n) is 4.05. The van der Waals surface area contributed by atoms with Crippen molar-refractivity contribution < 1.29 is 9.59 Å². The van der Waals surface area contributed by atoms with Crippen molar-refractivity contribution in [2.75, 3.05) is 6.54 Å². The van der Waals surface area contributed by atoms with E-state index in [0.717, 1.165) is 5.01 Å². The van der Waals surface area contributed by atoms with Gasteiger partial charge in [-0.3, -0.25) is 0 Å². The Morgan fingerprint density at radius 1 is 1.30 bits per heavy atom. The van der Waals surface area contributed by atoms with Crippen LogP contribution in [-0.2, 0) is 0 Å². The third kappa shape index (κ3) is 1.88. The first-order valence-corrected chi connectivity index (χ1v) is 7.11. The monoisotopic (exact) mass is 283 g/mol. The smallest absolute Gasteiger partial charge is 0.336 e. The summed E-state index contributed by atoms with van der Waals surface area (Å²) in [5.41, 5.74) is 2.30. The molecule has 0 aromatic heterocycles. The average Bonchev–Trinajstić information content (AvgIpc) is 2.56. The Hall–Kier alpha value is -1.34. The molecular formula is C13H25N5O2. The Morgan fingerprint density at radius 2 is 1.90 bits per heavy atom. The van der Waals surface area contributed by atoms with Crippen LogP contribution < -0.4 is 16.1 Å². The number of amides is 4. The molecule has 0 aromatic rings. The summed E-state index contributed by atoms with van der Waals surface area (Å²) in [4.78, 5) is 24.4. The molecule has 2 rings (SSSR count). The predicted molar refractivity (Wildman–Crippen MR) is 75.2 cm³/mol. The van der Waals surface area contributed by atoms with Crippen molar-refractivity contribution in [2.24, 2.45) is 11.8 Å². The normalized spacial score (nSPS) is 28.4. The molecule has 2 aliphatic rings. The molecule has 20 heavy (non-hydrogen) atoms. The highest BCUT2D eigenvalue weighted by Gasteiger charge is 2.70. The van der Waals surface area contributed by atoms with Gasteiger partial charge in [0, 0.05) is 6.54 Å². The number of nitrogens with one attached hydrogen (secondary N) is 3. The maximum absolute atomic E-state index is 12.2. The standard InChI is InChI=1S/C13H25N5O2/c1-8(2)7-14-10(19)17-11(20)15-13(9(3)4)12(5,6)16-18(13)17/h8-9,16H,7H2,1-6H3,(H,14,19)(H,15,20). The van der Waals surface area contributed by atoms with E-state index in [1.165, 1.54) is 0 Å². The van der Waals surface area contributed by atoms with Crippen LogP contribution in [0, 0.1) is 11.8 Å². The molecule has 4 amide bonds. The van der Waals surface area contributed by atoms with Crippen molar-refractivity contribution in [3.05, 3.63) is 0 Å². The molecule has 2 fully saturated rings. The molecule has 1 unspecified atom stereocenters. The van der Waals surface area contributed by atoms with E-state index in [0.29, 0.717) is 12.5 Å². The van der Waals surface area contributed by atoms with Crippen molar-refractivity contribution in [3.8, 4) is 0 Å². The first-order chi connectivity index (χ1) is 9.13. The van der Waals surface area contributed by atoms with Gasteiger partial charge in [-0.1, -0.05) is 27.7 Å². The van der Waals surface area contributed by atoms with Crippen LogP contribution in [-0.4, -0.2) is 39.9 Å². The minimum atomic E-state index is -0.570. The second kappa shape index (κ2) is 4.60. The highest BCUT2D eigenvalue weighted by atomic mass is 16.2. The Labute approximate surface area is 120 Å². The van der Waals surface area contributed by atoms with Gasteiger partial charge in [-0.25, -0.2) is 15.0 Å². The van der Waals surface area contributed by atoms with Gasteiger partial charge in [0.05, 0.1) is 5.54 Å². The van der Waals surface area contributed by atoms with Crippen molar-refractivity contribution in [3.63, 3.8) is 0 Å². The van der Waals surface area contributed by atoms with E-state index >= 15 is 0 Å². The molecule has 0 aromatic carbocycles. The summed E-state index contributed by atoms with van der Waals surface area (Å²) in [5.74, 6) is 0.492. The van der Waals surface area contributed by atoms with Gasteiger partial charge in [0.15, 0.2) is 0 Å². The van der Waals surface area contributed by atoms with Crippen LogP contribution in [0.4, 0.5) is 9.59 Å². The molecule has 7 heteroatoms. The van der Waals surface area contributed by atoms with Gasteiger partial charge < -0.3 is 10.6 Å². The molecule has 114 valence electrons. The van der Waals surface area contributed by atoms with Crippen LogP contribution in [0.15, 0.2) is 0 Å². The SMILES string of the molecule is CC(C)CNC(=O)N1C(=O)NC2(C(C)C)N1NC2(C)C. The van der Waals surface area contributed by atoms with Crippen LogP contribution in [0.5, 0.6) is 0 Å². The first-order valence-electron chi connectivity index (χ1n) is 7.11. The van der Waals surface area contributed by atoms with E-state index in [1.54, 1.807) is 5.12 Å². The van der Waals surface area contributed by atoms with Crippen molar-refractivity contribution in [1.29, 1.82) is 0 Å². The van der Waals surface area contributed by atoms with Crippen LogP contribution >= 0.6 is 0 Å². The fourth-order valence-electron chi connectivity index (χ4n) is 3.03. The Balaban J connectivity index is 2.19. The number of carbonyl (C=O) groups excluding carboxylic acids is 2. The zero-order chi connectivity index (χ0) is 15.3. The summed E-state index contributed by atoms with van der Waals surface area (Å²) in [6.07, 6.45) is 0. The minimum Gasteiger partial charge on any atom is -0.336 e. The predicted octanol–water partition coefficient (Wildman–Crippen LogP) is 1.24. The van der Waals surface area contributed by atoms with Gasteiger partial charge in [-0.15, -0.1) is 5.12 Å². The molecule has 2 aliphatic heterocycles. The van der Waals surface area contributed by atoms with Crippen molar-refractivity contribution in [2.45, 2.75) is 52.7 Å². The fourth-order valence-corrected chi connectivity index (χ4v) is 3.03. The topological polar surface area (TPSA) is 76.7 Å². The van der Waals surface area contributed by atoms with E-state index in [4.69, 9.17) is 0 Å². The zero-order valence-electron chi connectivity index (χ0n) is 13.1. The van der Waals surface area contributed by atoms with E-state index in [2.05, 4.69) is 16.1 Å². The largest absolute Gasteiger partial charge is 0.343 e. The molecular weight excluding hydrogens is 258 g/mol. The lowest BCUT2D eigenvalue weighted by molar-refractivity contribution is -0.237. The third-order valence-corrected chi connectivity index (χ3v) is 4.05. The molecule has 1 atom stereocenters. The maximum atomic E-state index is 12.2. The molecule has 2 saturated heterocycles. The zero-order valence-corrected chi connectivity index (χ0v) is 13.1. The van der Waals surface area contributed by atoms with Crippen LogP contribution in [0.1, 0.15) is 41.5 Å². The number of urea groups is 2. The Kier molecular flexibility index (Phi) is 3.46. The van der Waals surface area contributed by atoms with Gasteiger partial charge in [-0.2, -0.15) is 5.01 Å². The lowest BCUT2D eigenvalue weighted by atomic mass is 9.76. The molecule has 0 spiro atoms. The molecule has 0 saturated carbocycles. The molecule has 0 aliphatic carbocycles. The number of nitrogens with zero attached hydrogens (tertiary/aromatic N) is 2. The number of rotatable bonds is 3. The van der Waals surface area contributed by atoms with E-state index in [-0.39, 0.29) is 11.5 Å². The van der Waals surface area contributed by atoms with Gasteiger partial charge in [0.2, 0.25) is 0 Å². The summed E-state index contributed by atoms with van der Waals surface area (Å²) in [7, 11) is 0. The number of hydrogen-bond donors (Lipinski definition) is 3. The second-order valence-corrected chi connectivity index (χ2v) is 6.79. The van der Waals surface area contributed by atoms with E-state index in [9.17, 15) is 9.59 Å². The van der Waals surface area contributed by atoms with Gasteiger partial charge in [0.1, 0.15) is 5.66 Å². The fraction of sp³-hybridized carbons (Fsp3) is 0.846. The van der Waals surface area contributed by atoms with Crippen LogP contribution in [0.3, 0.4) is 0 Å². The van der Waals surface area contributed by atoms with Crippen LogP contribution in [0.2, 0.25) is 0 Å². The van der Waals surface area contributed by atoms with Gasteiger partial charge >= 0.3 is 12.1 Å². The summed E-state index contributed by atoms with van der Waals surface area (Å²) in [5, 5.41) is 8.47. The van der Waals surface area contributed by atoms with Gasteiger partial charge in [-0.05, 0) is 25.7 Å². The van der Waals surface area contributed by atoms with Crippen LogP contribution in [0.25, 0.3) is 0 Å². The number of fused-ring (bicyclic) bond motifs is 1. The Morgan fingerprint density at radius 3 is 2.30 bits per heavy atom. The highest BCUT2D eigenvalue weighted by Crippen LogP contribution is 2.44. The lowest BCUT2D eigenvalue weighted by Gasteiger charge is -2.62. The van der Waals surface area contributed by atoms with Crippen molar-refractivity contribution >= 4 is 12.1 Å².